The molecule has 0 bridgehead atoms. The van der Waals surface area contributed by atoms with E-state index in [4.69, 9.17) is 9.47 Å². The van der Waals surface area contributed by atoms with Crippen molar-refractivity contribution in [3.05, 3.63) is 66.4 Å². The molecule has 0 amide bonds. The molecular formula is C25H33NO3. The van der Waals surface area contributed by atoms with E-state index in [1.807, 2.05) is 36.4 Å². The van der Waals surface area contributed by atoms with Crippen LogP contribution in [0.1, 0.15) is 56.8 Å². The summed E-state index contributed by atoms with van der Waals surface area (Å²) in [4.78, 5) is 12.3. The first-order valence-electron chi connectivity index (χ1n) is 10.6. The van der Waals surface area contributed by atoms with Gasteiger partial charge in [0.15, 0.2) is 5.78 Å². The van der Waals surface area contributed by atoms with E-state index in [9.17, 15) is 4.79 Å². The van der Waals surface area contributed by atoms with Gasteiger partial charge in [-0.3, -0.25) is 4.79 Å². The van der Waals surface area contributed by atoms with Crippen LogP contribution in [0, 0.1) is 5.92 Å². The number of rotatable bonds is 13. The van der Waals surface area contributed by atoms with Gasteiger partial charge < -0.3 is 14.8 Å². The van der Waals surface area contributed by atoms with Gasteiger partial charge in [0, 0.05) is 23.5 Å². The smallest absolute Gasteiger partial charge is 0.187 e. The van der Waals surface area contributed by atoms with Gasteiger partial charge in [0.2, 0.25) is 0 Å². The van der Waals surface area contributed by atoms with Crippen molar-refractivity contribution in [2.75, 3.05) is 18.5 Å². The highest BCUT2D eigenvalue weighted by Crippen LogP contribution is 2.17. The Kier molecular flexibility index (Phi) is 9.84. The van der Waals surface area contributed by atoms with E-state index in [-0.39, 0.29) is 5.78 Å². The zero-order chi connectivity index (χ0) is 20.9. The number of allylic oxidation sites excluding steroid dienone is 1. The molecule has 0 aliphatic rings. The number of hydrogen-bond acceptors (Lipinski definition) is 4. The topological polar surface area (TPSA) is 47.6 Å². The van der Waals surface area contributed by atoms with Gasteiger partial charge in [0.1, 0.15) is 11.5 Å². The van der Waals surface area contributed by atoms with Gasteiger partial charge in [-0.05, 0) is 60.9 Å². The highest BCUT2D eigenvalue weighted by Gasteiger charge is 2.04. The summed E-state index contributed by atoms with van der Waals surface area (Å²) >= 11 is 0. The number of benzene rings is 2. The average Bonchev–Trinajstić information content (AvgIpc) is 2.76. The zero-order valence-corrected chi connectivity index (χ0v) is 17.8. The Labute approximate surface area is 174 Å². The van der Waals surface area contributed by atoms with Crippen LogP contribution < -0.4 is 14.8 Å². The van der Waals surface area contributed by atoms with Gasteiger partial charge in [-0.1, -0.05) is 40.0 Å². The van der Waals surface area contributed by atoms with Gasteiger partial charge in [0.25, 0.3) is 0 Å². The van der Waals surface area contributed by atoms with Gasteiger partial charge in [-0.25, -0.2) is 0 Å². The van der Waals surface area contributed by atoms with E-state index >= 15 is 0 Å². The molecule has 0 heterocycles. The summed E-state index contributed by atoms with van der Waals surface area (Å²) in [6.07, 6.45) is 7.73. The van der Waals surface area contributed by atoms with Crippen molar-refractivity contribution in [3.8, 4) is 11.5 Å². The molecule has 2 aromatic carbocycles. The molecular weight excluding hydrogens is 362 g/mol. The quantitative estimate of drug-likeness (QED) is 0.239. The van der Waals surface area contributed by atoms with E-state index in [2.05, 4.69) is 26.1 Å². The summed E-state index contributed by atoms with van der Waals surface area (Å²) in [6.45, 7) is 7.92. The summed E-state index contributed by atoms with van der Waals surface area (Å²) in [6, 6.07) is 15.0. The third-order valence-electron chi connectivity index (χ3n) is 4.73. The normalized spacial score (nSPS) is 12.0. The standard InChI is InChI=1S/C25H33NO3/c1-4-6-7-18-28-23-14-10-22(11-15-23)26-17-16-25(27)21-8-12-24(13-9-21)29-19-20(3)5-2/h8-17,20,26H,4-7,18-19H2,1-3H3/b17-16+/t20-/m1/s1. The van der Waals surface area contributed by atoms with Crippen LogP contribution in [0.25, 0.3) is 0 Å². The summed E-state index contributed by atoms with van der Waals surface area (Å²) in [5.74, 6) is 2.12. The molecule has 4 heteroatoms. The minimum absolute atomic E-state index is 0.0538. The summed E-state index contributed by atoms with van der Waals surface area (Å²) in [5.41, 5.74) is 1.54. The summed E-state index contributed by atoms with van der Waals surface area (Å²) in [7, 11) is 0. The fourth-order valence-corrected chi connectivity index (χ4v) is 2.57. The molecule has 0 saturated carbocycles. The molecule has 156 valence electrons. The van der Waals surface area contributed by atoms with Gasteiger partial charge in [0.05, 0.1) is 13.2 Å². The van der Waals surface area contributed by atoms with Crippen LogP contribution in [-0.2, 0) is 0 Å². The summed E-state index contributed by atoms with van der Waals surface area (Å²) in [5, 5.41) is 3.12. The lowest BCUT2D eigenvalue weighted by atomic mass is 10.1. The molecule has 0 saturated heterocycles. The van der Waals surface area contributed by atoms with Crippen molar-refractivity contribution in [2.24, 2.45) is 5.92 Å². The van der Waals surface area contributed by atoms with E-state index < -0.39 is 0 Å². The van der Waals surface area contributed by atoms with E-state index in [1.54, 1.807) is 18.3 Å². The maximum Gasteiger partial charge on any atom is 0.187 e. The Bertz CT molecular complexity index is 751. The van der Waals surface area contributed by atoms with Gasteiger partial charge >= 0.3 is 0 Å². The van der Waals surface area contributed by atoms with Crippen LogP contribution in [0.2, 0.25) is 0 Å². The van der Waals surface area contributed by atoms with Crippen LogP contribution in [-0.4, -0.2) is 19.0 Å². The molecule has 1 atom stereocenters. The van der Waals surface area contributed by atoms with Crippen LogP contribution in [0.4, 0.5) is 5.69 Å². The zero-order valence-electron chi connectivity index (χ0n) is 17.8. The Balaban J connectivity index is 1.78. The number of nitrogens with one attached hydrogen (secondary N) is 1. The number of anilines is 1. The second-order valence-corrected chi connectivity index (χ2v) is 7.27. The van der Waals surface area contributed by atoms with E-state index in [0.29, 0.717) is 18.1 Å². The molecule has 0 fully saturated rings. The maximum atomic E-state index is 12.3. The van der Waals surface area contributed by atoms with Gasteiger partial charge in [-0.15, -0.1) is 0 Å². The largest absolute Gasteiger partial charge is 0.494 e. The van der Waals surface area contributed by atoms with Crippen molar-refractivity contribution < 1.29 is 14.3 Å². The van der Waals surface area contributed by atoms with Gasteiger partial charge in [-0.2, -0.15) is 0 Å². The van der Waals surface area contributed by atoms with Crippen molar-refractivity contribution in [1.82, 2.24) is 0 Å². The maximum absolute atomic E-state index is 12.3. The van der Waals surface area contributed by atoms with E-state index in [1.165, 1.54) is 18.9 Å². The predicted molar refractivity (Wildman–Crippen MR) is 120 cm³/mol. The molecule has 0 aliphatic heterocycles. The first-order valence-corrected chi connectivity index (χ1v) is 10.6. The Morgan fingerprint density at radius 1 is 0.966 bits per heavy atom. The molecule has 0 spiro atoms. The lowest BCUT2D eigenvalue weighted by Crippen LogP contribution is -2.07. The minimum Gasteiger partial charge on any atom is -0.494 e. The number of carbonyl (C=O) groups excluding carboxylic acids is 1. The van der Waals surface area contributed by atoms with Crippen LogP contribution in [0.3, 0.4) is 0 Å². The minimum atomic E-state index is -0.0538. The Hall–Kier alpha value is -2.75. The number of ketones is 1. The first-order chi connectivity index (χ1) is 14.1. The fourth-order valence-electron chi connectivity index (χ4n) is 2.57. The monoisotopic (exact) mass is 395 g/mol. The molecule has 0 unspecified atom stereocenters. The highest BCUT2D eigenvalue weighted by molar-refractivity contribution is 6.04. The molecule has 2 rings (SSSR count). The van der Waals surface area contributed by atoms with Crippen LogP contribution in [0.5, 0.6) is 11.5 Å². The van der Waals surface area contributed by atoms with Crippen molar-refractivity contribution in [2.45, 2.75) is 46.5 Å². The second kappa shape index (κ2) is 12.7. The molecule has 2 aromatic rings. The summed E-state index contributed by atoms with van der Waals surface area (Å²) < 4.78 is 11.4. The number of carbonyl (C=O) groups is 1. The van der Waals surface area contributed by atoms with Crippen molar-refractivity contribution in [1.29, 1.82) is 0 Å². The highest BCUT2D eigenvalue weighted by atomic mass is 16.5. The van der Waals surface area contributed by atoms with E-state index in [0.717, 1.165) is 36.6 Å². The Morgan fingerprint density at radius 3 is 2.28 bits per heavy atom. The third kappa shape index (κ3) is 8.43. The first kappa shape index (κ1) is 22.5. The third-order valence-corrected chi connectivity index (χ3v) is 4.73. The lowest BCUT2D eigenvalue weighted by Gasteiger charge is -2.10. The molecule has 4 nitrogen and oxygen atoms in total. The Morgan fingerprint density at radius 2 is 1.62 bits per heavy atom. The SMILES string of the molecule is CCCCCOc1ccc(N/C=C/C(=O)c2ccc(OC[C@H](C)CC)cc2)cc1. The van der Waals surface area contributed by atoms with Crippen molar-refractivity contribution >= 4 is 11.5 Å². The lowest BCUT2D eigenvalue weighted by molar-refractivity contribution is 0.104. The van der Waals surface area contributed by atoms with Crippen molar-refractivity contribution in [3.63, 3.8) is 0 Å². The average molecular weight is 396 g/mol. The number of unbranched alkanes of at least 4 members (excludes halogenated alkanes) is 2. The molecule has 1 N–H and O–H groups in total. The number of ether oxygens (including phenoxy) is 2. The number of hydrogen-bond donors (Lipinski definition) is 1. The molecule has 0 aliphatic carbocycles. The van der Waals surface area contributed by atoms with Crippen LogP contribution >= 0.6 is 0 Å². The molecule has 0 aromatic heterocycles. The molecule has 0 radical (unpaired) electrons. The predicted octanol–water partition coefficient (Wildman–Crippen LogP) is 6.49. The van der Waals surface area contributed by atoms with Crippen LogP contribution in [0.15, 0.2) is 60.8 Å². The second-order valence-electron chi connectivity index (χ2n) is 7.27. The molecule has 29 heavy (non-hydrogen) atoms. The fraction of sp³-hybridized carbons (Fsp3) is 0.400.